The summed E-state index contributed by atoms with van der Waals surface area (Å²) >= 11 is 0. The first kappa shape index (κ1) is 17.6. The van der Waals surface area contributed by atoms with Gasteiger partial charge in [0.2, 0.25) is 0 Å². The minimum atomic E-state index is -1.46. The van der Waals surface area contributed by atoms with Crippen molar-refractivity contribution >= 4 is 7.32 Å². The molecule has 0 radical (unpaired) electrons. The van der Waals surface area contributed by atoms with Gasteiger partial charge in [0.25, 0.3) is 0 Å². The topological polar surface area (TPSA) is 82.0 Å². The number of para-hydroxylation sites is 2. The molecule has 0 amide bonds. The average Bonchev–Trinajstić information content (AvgIpc) is 2.45. The van der Waals surface area contributed by atoms with Crippen LogP contribution in [0.15, 0.2) is 48.5 Å². The van der Waals surface area contributed by atoms with E-state index in [0.29, 0.717) is 11.1 Å². The zero-order valence-corrected chi connectivity index (χ0v) is 11.7. The van der Waals surface area contributed by atoms with Crippen molar-refractivity contribution in [3.8, 4) is 11.5 Å². The standard InChI is InChI=1S/C14H15BO5.Li/c16-13-7-3-1-5-11(13)9-19-15(18)20-10-12-6-2-4-8-14(12)17;/h1-8,16-18H,9-10H2;/q;+1/p-1. The van der Waals surface area contributed by atoms with Crippen molar-refractivity contribution in [1.29, 1.82) is 0 Å². The third kappa shape index (κ3) is 5.46. The summed E-state index contributed by atoms with van der Waals surface area (Å²) in [5.74, 6) is -0.0648. The molecule has 0 aliphatic rings. The van der Waals surface area contributed by atoms with Gasteiger partial charge in [-0.15, -0.1) is 5.75 Å². The van der Waals surface area contributed by atoms with Gasteiger partial charge in [-0.2, -0.15) is 0 Å². The molecule has 2 rings (SSSR count). The van der Waals surface area contributed by atoms with E-state index < -0.39 is 7.32 Å². The predicted octanol–water partition coefficient (Wildman–Crippen LogP) is -1.82. The molecule has 0 atom stereocenters. The molecule has 104 valence electrons. The van der Waals surface area contributed by atoms with Gasteiger partial charge < -0.3 is 24.5 Å². The molecule has 0 aliphatic carbocycles. The van der Waals surface area contributed by atoms with Crippen molar-refractivity contribution < 1.29 is 43.4 Å². The Bertz CT molecular complexity index is 517. The molecule has 2 N–H and O–H groups in total. The SMILES string of the molecule is [Li+].[O-]c1ccccc1COB(O)OCc1ccccc1O. The molecule has 0 saturated heterocycles. The van der Waals surface area contributed by atoms with Gasteiger partial charge in [0.15, 0.2) is 0 Å². The van der Waals surface area contributed by atoms with E-state index >= 15 is 0 Å². The Hall–Kier alpha value is -1.42. The molecule has 0 spiro atoms. The summed E-state index contributed by atoms with van der Waals surface area (Å²) in [6, 6.07) is 13.0. The maximum absolute atomic E-state index is 11.4. The first-order valence-electron chi connectivity index (χ1n) is 6.10. The maximum atomic E-state index is 11.4. The second-order valence-corrected chi connectivity index (χ2v) is 4.17. The van der Waals surface area contributed by atoms with E-state index in [-0.39, 0.29) is 43.6 Å². The van der Waals surface area contributed by atoms with Crippen LogP contribution in [0.25, 0.3) is 0 Å². The van der Waals surface area contributed by atoms with Gasteiger partial charge in [-0.25, -0.2) is 0 Å². The van der Waals surface area contributed by atoms with Crippen LogP contribution in [0, 0.1) is 0 Å². The fraction of sp³-hybridized carbons (Fsp3) is 0.143. The molecule has 2 aromatic carbocycles. The number of hydrogen-bond acceptors (Lipinski definition) is 5. The van der Waals surface area contributed by atoms with Crippen LogP contribution in [0.4, 0.5) is 0 Å². The molecule has 0 bridgehead atoms. The summed E-state index contributed by atoms with van der Waals surface area (Å²) in [5.41, 5.74) is 0.983. The number of phenolic OH excluding ortho intramolecular Hbond substituents is 1. The zero-order valence-electron chi connectivity index (χ0n) is 11.7. The summed E-state index contributed by atoms with van der Waals surface area (Å²) in [6.45, 7) is -0.0333. The monoisotopic (exact) mass is 280 g/mol. The molecular formula is C14H14BLiO5. The molecule has 2 aromatic rings. The minimum absolute atomic E-state index is 0. The minimum Gasteiger partial charge on any atom is -0.872 e. The van der Waals surface area contributed by atoms with Crippen LogP contribution in [0.3, 0.4) is 0 Å². The van der Waals surface area contributed by atoms with Gasteiger partial charge in [0.1, 0.15) is 5.75 Å². The summed E-state index contributed by atoms with van der Waals surface area (Å²) in [5, 5.41) is 30.5. The fourth-order valence-corrected chi connectivity index (χ4v) is 1.63. The van der Waals surface area contributed by atoms with Crippen molar-refractivity contribution in [2.45, 2.75) is 13.2 Å². The summed E-state index contributed by atoms with van der Waals surface area (Å²) < 4.78 is 10.1. The Labute approximate surface area is 135 Å². The van der Waals surface area contributed by atoms with Crippen molar-refractivity contribution in [2.24, 2.45) is 0 Å². The Morgan fingerprint density at radius 3 is 2.05 bits per heavy atom. The van der Waals surface area contributed by atoms with Crippen LogP contribution in [-0.2, 0) is 22.5 Å². The van der Waals surface area contributed by atoms with E-state index in [1.165, 1.54) is 12.1 Å². The van der Waals surface area contributed by atoms with Gasteiger partial charge in [-0.05, 0) is 11.6 Å². The number of benzene rings is 2. The quantitative estimate of drug-likeness (QED) is 0.609. The molecule has 0 aromatic heterocycles. The molecule has 0 saturated carbocycles. The zero-order chi connectivity index (χ0) is 14.4. The smallest absolute Gasteiger partial charge is 0.872 e. The van der Waals surface area contributed by atoms with Crippen molar-refractivity contribution in [2.75, 3.05) is 0 Å². The van der Waals surface area contributed by atoms with Gasteiger partial charge >= 0.3 is 26.2 Å². The van der Waals surface area contributed by atoms with Crippen LogP contribution in [-0.4, -0.2) is 17.5 Å². The number of hydrogen-bond donors (Lipinski definition) is 2. The molecular weight excluding hydrogens is 266 g/mol. The predicted molar refractivity (Wildman–Crippen MR) is 71.5 cm³/mol. The summed E-state index contributed by atoms with van der Waals surface area (Å²) in [7, 11) is -1.46. The molecule has 5 nitrogen and oxygen atoms in total. The van der Waals surface area contributed by atoms with Crippen molar-refractivity contribution in [1.82, 2.24) is 0 Å². The van der Waals surface area contributed by atoms with Gasteiger partial charge in [-0.3, -0.25) is 0 Å². The largest absolute Gasteiger partial charge is 1.00 e. The van der Waals surface area contributed by atoms with Crippen LogP contribution in [0.1, 0.15) is 11.1 Å². The fourth-order valence-electron chi connectivity index (χ4n) is 1.63. The van der Waals surface area contributed by atoms with E-state index in [9.17, 15) is 15.2 Å². The molecule has 0 fully saturated rings. The van der Waals surface area contributed by atoms with Gasteiger partial charge in [0, 0.05) is 5.56 Å². The Balaban J connectivity index is 0.00000220. The van der Waals surface area contributed by atoms with Gasteiger partial charge in [-0.1, -0.05) is 42.5 Å². The first-order chi connectivity index (χ1) is 9.66. The molecule has 21 heavy (non-hydrogen) atoms. The van der Waals surface area contributed by atoms with E-state index in [1.54, 1.807) is 36.4 Å². The first-order valence-corrected chi connectivity index (χ1v) is 6.10. The van der Waals surface area contributed by atoms with E-state index in [2.05, 4.69) is 0 Å². The summed E-state index contributed by atoms with van der Waals surface area (Å²) in [6.07, 6.45) is 0. The average molecular weight is 280 g/mol. The Morgan fingerprint density at radius 2 is 1.43 bits per heavy atom. The number of aromatic hydroxyl groups is 1. The van der Waals surface area contributed by atoms with E-state index in [0.717, 1.165) is 0 Å². The maximum Gasteiger partial charge on any atom is 1.00 e. The molecule has 0 aliphatic heterocycles. The third-order valence-corrected chi connectivity index (χ3v) is 2.73. The molecule has 0 heterocycles. The Kier molecular flexibility index (Phi) is 7.37. The number of phenols is 1. The van der Waals surface area contributed by atoms with E-state index in [1.807, 2.05) is 0 Å². The van der Waals surface area contributed by atoms with Crippen molar-refractivity contribution in [3.63, 3.8) is 0 Å². The normalized spacial score (nSPS) is 9.95. The van der Waals surface area contributed by atoms with Gasteiger partial charge in [0.05, 0.1) is 13.2 Å². The van der Waals surface area contributed by atoms with Crippen LogP contribution in [0.2, 0.25) is 0 Å². The van der Waals surface area contributed by atoms with E-state index in [4.69, 9.17) is 9.31 Å². The van der Waals surface area contributed by atoms with Crippen LogP contribution >= 0.6 is 0 Å². The van der Waals surface area contributed by atoms with Crippen molar-refractivity contribution in [3.05, 3.63) is 59.7 Å². The Morgan fingerprint density at radius 1 is 0.905 bits per heavy atom. The van der Waals surface area contributed by atoms with Crippen LogP contribution < -0.4 is 24.0 Å². The molecule has 7 heteroatoms. The molecule has 0 unspecified atom stereocenters. The number of rotatable bonds is 6. The second kappa shape index (κ2) is 8.78. The van der Waals surface area contributed by atoms with Crippen LogP contribution in [0.5, 0.6) is 11.5 Å². The summed E-state index contributed by atoms with van der Waals surface area (Å²) in [4.78, 5) is 0. The third-order valence-electron chi connectivity index (χ3n) is 2.73. The second-order valence-electron chi connectivity index (χ2n) is 4.17.